The molecule has 0 bridgehead atoms. The van der Waals surface area contributed by atoms with Crippen LogP contribution in [-0.2, 0) is 6.54 Å². The molecule has 1 heterocycles. The van der Waals surface area contributed by atoms with E-state index in [1.54, 1.807) is 18.2 Å². The molecule has 122 valence electrons. The molecule has 0 fully saturated rings. The summed E-state index contributed by atoms with van der Waals surface area (Å²) in [7, 11) is 0. The van der Waals surface area contributed by atoms with Crippen molar-refractivity contribution in [2.24, 2.45) is 0 Å². The van der Waals surface area contributed by atoms with E-state index in [9.17, 15) is 4.39 Å². The first-order valence-electron chi connectivity index (χ1n) is 7.39. The maximum absolute atomic E-state index is 14.2. The summed E-state index contributed by atoms with van der Waals surface area (Å²) < 4.78 is 16.1. The first kappa shape index (κ1) is 16.7. The third kappa shape index (κ3) is 3.86. The fraction of sp³-hybridized carbons (Fsp3) is 0.111. The van der Waals surface area contributed by atoms with Gasteiger partial charge in [-0.05, 0) is 17.7 Å². The molecule has 3 rings (SSSR count). The highest BCUT2D eigenvalue weighted by molar-refractivity contribution is 7.99. The molecule has 0 unspecified atom stereocenters. The Kier molecular flexibility index (Phi) is 5.67. The lowest BCUT2D eigenvalue weighted by molar-refractivity contribution is 0.626. The first-order chi connectivity index (χ1) is 11.8. The predicted octanol–water partition coefficient (Wildman–Crippen LogP) is 4.98. The van der Waals surface area contributed by atoms with Gasteiger partial charge in [-0.2, -0.15) is 0 Å². The minimum absolute atomic E-state index is 0.309. The van der Waals surface area contributed by atoms with E-state index in [4.69, 9.17) is 11.6 Å². The van der Waals surface area contributed by atoms with Crippen molar-refractivity contribution < 1.29 is 4.39 Å². The summed E-state index contributed by atoms with van der Waals surface area (Å²) in [5.41, 5.74) is 3.02. The largest absolute Gasteiger partial charge is 0.297 e. The zero-order valence-electron chi connectivity index (χ0n) is 12.8. The Morgan fingerprint density at radius 1 is 1.04 bits per heavy atom. The van der Waals surface area contributed by atoms with Crippen molar-refractivity contribution in [1.82, 2.24) is 14.8 Å². The fourth-order valence-electron chi connectivity index (χ4n) is 2.30. The third-order valence-electron chi connectivity index (χ3n) is 3.41. The molecule has 0 radical (unpaired) electrons. The van der Waals surface area contributed by atoms with Crippen LogP contribution in [0.5, 0.6) is 0 Å². The summed E-state index contributed by atoms with van der Waals surface area (Å²) >= 11 is 7.08. The van der Waals surface area contributed by atoms with Crippen LogP contribution in [0.15, 0.2) is 71.4 Å². The van der Waals surface area contributed by atoms with Gasteiger partial charge in [0.15, 0.2) is 11.0 Å². The van der Waals surface area contributed by atoms with Gasteiger partial charge in [-0.1, -0.05) is 71.9 Å². The molecule has 0 spiro atoms. The summed E-state index contributed by atoms with van der Waals surface area (Å²) in [6.07, 6.45) is 1.83. The van der Waals surface area contributed by atoms with Crippen LogP contribution >= 0.6 is 23.4 Å². The number of nitrogens with zero attached hydrogens (tertiary/aromatic N) is 3. The molecule has 3 nitrogen and oxygen atoms in total. The normalized spacial score (nSPS) is 11.2. The number of rotatable bonds is 6. The summed E-state index contributed by atoms with van der Waals surface area (Å²) in [6.45, 7) is 0.574. The molecule has 0 N–H and O–H groups in total. The number of benzene rings is 2. The van der Waals surface area contributed by atoms with Crippen LogP contribution in [0, 0.1) is 5.82 Å². The molecule has 2 aromatic carbocycles. The molecule has 3 aromatic rings. The maximum atomic E-state index is 14.2. The second-order valence-corrected chi connectivity index (χ2v) is 6.27. The first-order valence-corrected chi connectivity index (χ1v) is 8.82. The van der Waals surface area contributed by atoms with E-state index < -0.39 is 0 Å². The quantitative estimate of drug-likeness (QED) is 0.582. The Morgan fingerprint density at radius 2 is 1.79 bits per heavy atom. The van der Waals surface area contributed by atoms with Crippen LogP contribution in [0.1, 0.15) is 5.56 Å². The van der Waals surface area contributed by atoms with Crippen LogP contribution < -0.4 is 0 Å². The Hall–Kier alpha value is -2.11. The van der Waals surface area contributed by atoms with Crippen molar-refractivity contribution in [2.45, 2.75) is 11.7 Å². The van der Waals surface area contributed by atoms with Gasteiger partial charge in [0.2, 0.25) is 0 Å². The topological polar surface area (TPSA) is 30.7 Å². The van der Waals surface area contributed by atoms with Gasteiger partial charge in [0, 0.05) is 11.3 Å². The van der Waals surface area contributed by atoms with Crippen molar-refractivity contribution in [2.75, 3.05) is 5.75 Å². The van der Waals surface area contributed by atoms with E-state index in [2.05, 4.69) is 10.2 Å². The number of hydrogen-bond donors (Lipinski definition) is 0. The van der Waals surface area contributed by atoms with Gasteiger partial charge >= 0.3 is 0 Å². The molecular weight excluding hydrogens is 345 g/mol. The second-order valence-electron chi connectivity index (χ2n) is 5.03. The lowest BCUT2D eigenvalue weighted by Crippen LogP contribution is -2.05. The van der Waals surface area contributed by atoms with E-state index >= 15 is 0 Å². The molecule has 0 saturated carbocycles. The van der Waals surface area contributed by atoms with Gasteiger partial charge in [-0.25, -0.2) is 4.39 Å². The van der Waals surface area contributed by atoms with Gasteiger partial charge in [0.1, 0.15) is 5.82 Å². The minimum atomic E-state index is -0.309. The van der Waals surface area contributed by atoms with E-state index in [-0.39, 0.29) is 5.82 Å². The molecule has 24 heavy (non-hydrogen) atoms. The van der Waals surface area contributed by atoms with Crippen molar-refractivity contribution in [1.29, 1.82) is 0 Å². The van der Waals surface area contributed by atoms with Crippen LogP contribution in [0.2, 0.25) is 0 Å². The highest BCUT2D eigenvalue weighted by Gasteiger charge is 2.17. The monoisotopic (exact) mass is 359 g/mol. The number of halogens is 2. The Morgan fingerprint density at radius 3 is 2.54 bits per heavy atom. The summed E-state index contributed by atoms with van der Waals surface area (Å²) in [4.78, 5) is 0. The average molecular weight is 360 g/mol. The predicted molar refractivity (Wildman–Crippen MR) is 96.7 cm³/mol. The summed E-state index contributed by atoms with van der Waals surface area (Å²) in [5, 5.41) is 9.18. The average Bonchev–Trinajstić information content (AvgIpc) is 2.99. The van der Waals surface area contributed by atoms with Crippen molar-refractivity contribution >= 4 is 23.4 Å². The van der Waals surface area contributed by atoms with Crippen LogP contribution in [-0.4, -0.2) is 20.5 Å². The SMILES string of the molecule is Fc1ccccc1-c1nnc(SC/C=C/Cl)n1Cc1ccccc1. The molecular formula is C18H15ClFN3S. The molecule has 0 aliphatic carbocycles. The number of hydrogen-bond acceptors (Lipinski definition) is 3. The van der Waals surface area contributed by atoms with Gasteiger partial charge in [-0.15, -0.1) is 10.2 Å². The van der Waals surface area contributed by atoms with Crippen LogP contribution in [0.3, 0.4) is 0 Å². The lowest BCUT2D eigenvalue weighted by atomic mass is 10.2. The molecule has 6 heteroatoms. The van der Waals surface area contributed by atoms with Crippen molar-refractivity contribution in [3.8, 4) is 11.4 Å². The molecule has 0 amide bonds. The van der Waals surface area contributed by atoms with Crippen LogP contribution in [0.25, 0.3) is 11.4 Å². The Bertz CT molecular complexity index is 833. The fourth-order valence-corrected chi connectivity index (χ4v) is 3.25. The summed E-state index contributed by atoms with van der Waals surface area (Å²) in [5.74, 6) is 0.888. The van der Waals surface area contributed by atoms with Crippen molar-refractivity contribution in [3.63, 3.8) is 0 Å². The number of thioether (sulfide) groups is 1. The molecule has 1 aromatic heterocycles. The van der Waals surface area contributed by atoms with Crippen molar-refractivity contribution in [3.05, 3.63) is 77.6 Å². The van der Waals surface area contributed by atoms with Gasteiger partial charge in [0.05, 0.1) is 12.1 Å². The second kappa shape index (κ2) is 8.13. The van der Waals surface area contributed by atoms with Gasteiger partial charge in [0.25, 0.3) is 0 Å². The molecule has 0 aliphatic heterocycles. The van der Waals surface area contributed by atoms with E-state index in [0.29, 0.717) is 23.7 Å². The minimum Gasteiger partial charge on any atom is -0.297 e. The zero-order valence-corrected chi connectivity index (χ0v) is 14.3. The molecule has 0 atom stereocenters. The zero-order chi connectivity index (χ0) is 16.8. The van der Waals surface area contributed by atoms with E-state index in [1.165, 1.54) is 23.4 Å². The lowest BCUT2D eigenvalue weighted by Gasteiger charge is -2.10. The third-order valence-corrected chi connectivity index (χ3v) is 4.51. The standard InChI is InChI=1S/C18H15ClFN3S/c19-11-6-12-24-18-22-21-17(15-9-4-5-10-16(15)20)23(18)13-14-7-2-1-3-8-14/h1-11H,12-13H2/b11-6+. The molecule has 0 aliphatic rings. The van der Waals surface area contributed by atoms with Gasteiger partial charge < -0.3 is 0 Å². The molecule has 0 saturated heterocycles. The number of aromatic nitrogens is 3. The maximum Gasteiger partial charge on any atom is 0.192 e. The smallest absolute Gasteiger partial charge is 0.192 e. The Labute approximate surface area is 149 Å². The summed E-state index contributed by atoms with van der Waals surface area (Å²) in [6, 6.07) is 16.6. The highest BCUT2D eigenvalue weighted by Crippen LogP contribution is 2.27. The van der Waals surface area contributed by atoms with Crippen LogP contribution in [0.4, 0.5) is 4.39 Å². The highest BCUT2D eigenvalue weighted by atomic mass is 35.5. The van der Waals surface area contributed by atoms with E-state index in [1.807, 2.05) is 41.0 Å². The Balaban J connectivity index is 2.00. The van der Waals surface area contributed by atoms with E-state index in [0.717, 1.165) is 10.7 Å². The van der Waals surface area contributed by atoms with Gasteiger partial charge in [-0.3, -0.25) is 4.57 Å².